The summed E-state index contributed by atoms with van der Waals surface area (Å²) >= 11 is 0. The second-order valence-electron chi connectivity index (χ2n) is 4.70. The number of hydrogen-bond donors (Lipinski definition) is 1. The largest absolute Gasteiger partial charge is 0.459 e. The van der Waals surface area contributed by atoms with Gasteiger partial charge in [-0.15, -0.1) is 10.2 Å². The van der Waals surface area contributed by atoms with Crippen molar-refractivity contribution < 1.29 is 17.3 Å². The van der Waals surface area contributed by atoms with Crippen LogP contribution < -0.4 is 5.14 Å². The van der Waals surface area contributed by atoms with Crippen LogP contribution in [0.4, 0.5) is 0 Å². The van der Waals surface area contributed by atoms with Crippen molar-refractivity contribution in [1.29, 1.82) is 0 Å². The Kier molecular flexibility index (Phi) is 3.76. The summed E-state index contributed by atoms with van der Waals surface area (Å²) in [6.07, 6.45) is 1.53. The zero-order valence-electron chi connectivity index (χ0n) is 11.2. The third-order valence-corrected chi connectivity index (χ3v) is 4.33. The van der Waals surface area contributed by atoms with Crippen LogP contribution in [0.15, 0.2) is 27.2 Å². The average molecular weight is 313 g/mol. The maximum atomic E-state index is 11.2. The predicted molar refractivity (Wildman–Crippen MR) is 72.0 cm³/mol. The van der Waals surface area contributed by atoms with Gasteiger partial charge in [-0.05, 0) is 12.1 Å². The van der Waals surface area contributed by atoms with E-state index in [9.17, 15) is 8.42 Å². The molecule has 0 aromatic carbocycles. The molecule has 0 saturated carbocycles. The van der Waals surface area contributed by atoms with E-state index in [1.54, 1.807) is 12.1 Å². The van der Waals surface area contributed by atoms with E-state index in [1.807, 2.05) is 4.90 Å². The zero-order valence-corrected chi connectivity index (χ0v) is 12.0. The number of aromatic nitrogens is 2. The first-order valence-electron chi connectivity index (χ1n) is 6.39. The fourth-order valence-corrected chi connectivity index (χ4v) is 2.82. The van der Waals surface area contributed by atoms with Crippen LogP contribution in [0.5, 0.6) is 0 Å². The quantitative estimate of drug-likeness (QED) is 0.819. The molecule has 2 aromatic heterocycles. The van der Waals surface area contributed by atoms with Crippen molar-refractivity contribution in [3.8, 4) is 11.7 Å². The smallest absolute Gasteiger partial charge is 0.283 e. The van der Waals surface area contributed by atoms with Crippen molar-refractivity contribution in [2.75, 3.05) is 26.2 Å². The number of rotatable bonds is 4. The Labute approximate surface area is 121 Å². The highest BCUT2D eigenvalue weighted by Crippen LogP contribution is 2.18. The second kappa shape index (κ2) is 5.56. The monoisotopic (exact) mass is 313 g/mol. The lowest BCUT2D eigenvalue weighted by atomic mass is 10.3. The van der Waals surface area contributed by atoms with Crippen molar-refractivity contribution in [3.05, 3.63) is 24.3 Å². The highest BCUT2D eigenvalue weighted by Gasteiger charge is 2.25. The molecule has 1 fully saturated rings. The maximum Gasteiger partial charge on any atom is 0.283 e. The first kappa shape index (κ1) is 14.2. The van der Waals surface area contributed by atoms with Gasteiger partial charge in [0.1, 0.15) is 0 Å². The summed E-state index contributed by atoms with van der Waals surface area (Å²) in [5.74, 6) is 1.32. The molecule has 1 saturated heterocycles. The molecule has 1 aliphatic heterocycles. The fraction of sp³-hybridized carbons (Fsp3) is 0.455. The summed E-state index contributed by atoms with van der Waals surface area (Å²) < 4.78 is 34.4. The van der Waals surface area contributed by atoms with Gasteiger partial charge in [0.15, 0.2) is 5.76 Å². The predicted octanol–water partition coefficient (Wildman–Crippen LogP) is -0.349. The molecule has 21 heavy (non-hydrogen) atoms. The van der Waals surface area contributed by atoms with Gasteiger partial charge in [0.2, 0.25) is 5.89 Å². The van der Waals surface area contributed by atoms with Crippen molar-refractivity contribution in [2.24, 2.45) is 5.14 Å². The van der Waals surface area contributed by atoms with Crippen LogP contribution in [0.1, 0.15) is 5.89 Å². The molecule has 2 aromatic rings. The third kappa shape index (κ3) is 3.29. The Bertz CT molecular complexity index is 688. The molecule has 114 valence electrons. The van der Waals surface area contributed by atoms with Gasteiger partial charge in [-0.25, -0.2) is 5.14 Å². The van der Waals surface area contributed by atoms with Crippen LogP contribution in [-0.2, 0) is 16.8 Å². The zero-order chi connectivity index (χ0) is 14.9. The minimum Gasteiger partial charge on any atom is -0.459 e. The van der Waals surface area contributed by atoms with Gasteiger partial charge in [0.05, 0.1) is 12.8 Å². The van der Waals surface area contributed by atoms with Gasteiger partial charge in [0.25, 0.3) is 16.1 Å². The lowest BCUT2D eigenvalue weighted by Gasteiger charge is -2.31. The molecule has 2 N–H and O–H groups in total. The van der Waals surface area contributed by atoms with E-state index in [4.69, 9.17) is 14.0 Å². The van der Waals surface area contributed by atoms with Crippen LogP contribution in [0.3, 0.4) is 0 Å². The van der Waals surface area contributed by atoms with Crippen molar-refractivity contribution in [3.63, 3.8) is 0 Å². The van der Waals surface area contributed by atoms with Gasteiger partial charge in [0, 0.05) is 26.2 Å². The topological polar surface area (TPSA) is 119 Å². The summed E-state index contributed by atoms with van der Waals surface area (Å²) in [4.78, 5) is 2.03. The number of furan rings is 1. The van der Waals surface area contributed by atoms with Gasteiger partial charge < -0.3 is 8.83 Å². The number of nitrogens with two attached hydrogens (primary N) is 1. The van der Waals surface area contributed by atoms with Gasteiger partial charge in [-0.2, -0.15) is 12.7 Å². The highest BCUT2D eigenvalue weighted by atomic mass is 32.2. The molecule has 0 amide bonds. The average Bonchev–Trinajstić information content (AvgIpc) is 3.08. The number of hydrogen-bond acceptors (Lipinski definition) is 7. The molecule has 0 atom stereocenters. The van der Waals surface area contributed by atoms with Crippen LogP contribution >= 0.6 is 0 Å². The number of nitrogens with zero attached hydrogens (tertiary/aromatic N) is 4. The molecule has 0 unspecified atom stereocenters. The Morgan fingerprint density at radius 2 is 2.00 bits per heavy atom. The normalized spacial score (nSPS) is 18.1. The van der Waals surface area contributed by atoms with Crippen LogP contribution in [0, 0.1) is 0 Å². The van der Waals surface area contributed by atoms with Crippen LogP contribution in [0.25, 0.3) is 11.7 Å². The highest BCUT2D eigenvalue weighted by molar-refractivity contribution is 7.86. The van der Waals surface area contributed by atoms with Crippen LogP contribution in [-0.4, -0.2) is 54.0 Å². The van der Waals surface area contributed by atoms with E-state index in [-0.39, 0.29) is 0 Å². The molecule has 3 rings (SSSR count). The summed E-state index contributed by atoms with van der Waals surface area (Å²) in [6, 6.07) is 3.48. The molecule has 3 heterocycles. The van der Waals surface area contributed by atoms with Gasteiger partial charge in [-0.1, -0.05) is 0 Å². The molecular weight excluding hydrogens is 298 g/mol. The second-order valence-corrected chi connectivity index (χ2v) is 6.24. The Hall–Kier alpha value is -1.75. The van der Waals surface area contributed by atoms with E-state index in [0.717, 1.165) is 0 Å². The van der Waals surface area contributed by atoms with Gasteiger partial charge >= 0.3 is 0 Å². The molecular formula is C11H15N5O4S. The molecule has 0 aliphatic carbocycles. The van der Waals surface area contributed by atoms with Crippen LogP contribution in [0.2, 0.25) is 0 Å². The Morgan fingerprint density at radius 1 is 1.24 bits per heavy atom. The van der Waals surface area contributed by atoms with E-state index >= 15 is 0 Å². The van der Waals surface area contributed by atoms with Crippen molar-refractivity contribution in [2.45, 2.75) is 6.54 Å². The summed E-state index contributed by atoms with van der Waals surface area (Å²) in [6.45, 7) is 2.31. The van der Waals surface area contributed by atoms with Gasteiger partial charge in [-0.3, -0.25) is 4.90 Å². The summed E-state index contributed by atoms with van der Waals surface area (Å²) in [5, 5.41) is 13.0. The maximum absolute atomic E-state index is 11.2. The minimum atomic E-state index is -3.60. The molecule has 0 bridgehead atoms. The Morgan fingerprint density at radius 3 is 2.62 bits per heavy atom. The SMILES string of the molecule is NS(=O)(=O)N1CCN(Cc2nnc(-c3ccco3)o2)CC1. The molecule has 10 heteroatoms. The first-order chi connectivity index (χ1) is 10.0. The molecule has 9 nitrogen and oxygen atoms in total. The lowest BCUT2D eigenvalue weighted by Crippen LogP contribution is -2.50. The Balaban J connectivity index is 1.59. The fourth-order valence-electron chi connectivity index (χ4n) is 2.15. The van der Waals surface area contributed by atoms with Crippen molar-refractivity contribution in [1.82, 2.24) is 19.4 Å². The third-order valence-electron chi connectivity index (χ3n) is 3.25. The summed E-state index contributed by atoms with van der Waals surface area (Å²) in [7, 11) is -3.60. The van der Waals surface area contributed by atoms with E-state index in [2.05, 4.69) is 10.2 Å². The molecule has 0 radical (unpaired) electrons. The van der Waals surface area contributed by atoms with E-state index in [0.29, 0.717) is 50.3 Å². The van der Waals surface area contributed by atoms with E-state index in [1.165, 1.54) is 10.6 Å². The molecule has 1 aliphatic rings. The standard InChI is InChI=1S/C11H15N5O4S/c12-21(17,18)16-5-3-15(4-6-16)8-10-13-14-11(20-10)9-2-1-7-19-9/h1-2,7H,3-6,8H2,(H2,12,17,18). The first-order valence-corrected chi connectivity index (χ1v) is 7.89. The molecule has 0 spiro atoms. The summed E-state index contributed by atoms with van der Waals surface area (Å²) in [5.41, 5.74) is 0. The van der Waals surface area contributed by atoms with Crippen molar-refractivity contribution >= 4 is 10.2 Å². The minimum absolute atomic E-state index is 0.332. The van der Waals surface area contributed by atoms with E-state index < -0.39 is 10.2 Å². The lowest BCUT2D eigenvalue weighted by molar-refractivity contribution is 0.168. The number of piperazine rings is 1.